The Labute approximate surface area is 123 Å². The van der Waals surface area contributed by atoms with Crippen LogP contribution < -0.4 is 5.56 Å². The summed E-state index contributed by atoms with van der Waals surface area (Å²) in [4.78, 5) is 17.2. The Hall–Kier alpha value is -1.63. The van der Waals surface area contributed by atoms with Crippen molar-refractivity contribution in [2.45, 2.75) is 5.16 Å². The van der Waals surface area contributed by atoms with E-state index in [1.165, 1.54) is 23.1 Å². The number of thioether (sulfide) groups is 1. The third-order valence-corrected chi connectivity index (χ3v) is 4.60. The van der Waals surface area contributed by atoms with Crippen LogP contribution in [-0.4, -0.2) is 27.0 Å². The molecule has 0 bridgehead atoms. The van der Waals surface area contributed by atoms with Crippen LogP contribution in [0, 0.1) is 0 Å². The van der Waals surface area contributed by atoms with Crippen LogP contribution in [-0.2, 0) is 0 Å². The van der Waals surface area contributed by atoms with Gasteiger partial charge in [-0.15, -0.1) is 11.3 Å². The second kappa shape index (κ2) is 5.78. The van der Waals surface area contributed by atoms with E-state index in [0.29, 0.717) is 21.1 Å². The van der Waals surface area contributed by atoms with E-state index >= 15 is 0 Å². The fourth-order valence-corrected chi connectivity index (χ4v) is 3.44. The van der Waals surface area contributed by atoms with Crippen molar-refractivity contribution in [1.82, 2.24) is 9.55 Å². The zero-order valence-corrected chi connectivity index (χ0v) is 12.2. The standard InChI is InChI=1S/C14H12N2O2S2/c17-7-9-20-14-15-11-6-8-19-12(11)13(18)16(14)10-4-2-1-3-5-10/h1-6,8,17H,7,9H2. The summed E-state index contributed by atoms with van der Waals surface area (Å²) in [5.41, 5.74) is 1.45. The molecule has 0 amide bonds. The molecule has 0 atom stereocenters. The topological polar surface area (TPSA) is 55.1 Å². The number of hydrogen-bond donors (Lipinski definition) is 1. The van der Waals surface area contributed by atoms with Gasteiger partial charge in [-0.25, -0.2) is 4.98 Å². The van der Waals surface area contributed by atoms with Gasteiger partial charge in [0.2, 0.25) is 0 Å². The monoisotopic (exact) mass is 304 g/mol. The Morgan fingerprint density at radius 2 is 2.05 bits per heavy atom. The number of rotatable bonds is 4. The Kier molecular flexibility index (Phi) is 3.86. The number of nitrogens with zero attached hydrogens (tertiary/aromatic N) is 2. The third-order valence-electron chi connectivity index (χ3n) is 2.79. The van der Waals surface area contributed by atoms with Crippen LogP contribution in [0.5, 0.6) is 0 Å². The second-order valence-electron chi connectivity index (χ2n) is 4.08. The summed E-state index contributed by atoms with van der Waals surface area (Å²) in [5.74, 6) is 0.509. The zero-order valence-electron chi connectivity index (χ0n) is 10.5. The fourth-order valence-electron chi connectivity index (χ4n) is 1.93. The minimum Gasteiger partial charge on any atom is -0.396 e. The lowest BCUT2D eigenvalue weighted by Crippen LogP contribution is -2.21. The fraction of sp³-hybridized carbons (Fsp3) is 0.143. The highest BCUT2D eigenvalue weighted by Gasteiger charge is 2.13. The van der Waals surface area contributed by atoms with Gasteiger partial charge in [-0.3, -0.25) is 9.36 Å². The quantitative estimate of drug-likeness (QED) is 0.594. The molecule has 0 aliphatic heterocycles. The lowest BCUT2D eigenvalue weighted by Gasteiger charge is -2.11. The van der Waals surface area contributed by atoms with Crippen LogP contribution in [0.15, 0.2) is 51.7 Å². The molecule has 1 N–H and O–H groups in total. The first kappa shape index (κ1) is 13.4. The molecule has 3 aromatic rings. The number of thiophene rings is 1. The predicted octanol–water partition coefficient (Wildman–Crippen LogP) is 2.53. The molecule has 3 rings (SSSR count). The van der Waals surface area contributed by atoms with Crippen molar-refractivity contribution in [3.8, 4) is 5.69 Å². The van der Waals surface area contributed by atoms with E-state index in [1.54, 1.807) is 4.57 Å². The van der Waals surface area contributed by atoms with Crippen LogP contribution in [0.25, 0.3) is 15.9 Å². The highest BCUT2D eigenvalue weighted by molar-refractivity contribution is 7.99. The number of para-hydroxylation sites is 1. The summed E-state index contributed by atoms with van der Waals surface area (Å²) >= 11 is 2.78. The van der Waals surface area contributed by atoms with Crippen LogP contribution in [0.4, 0.5) is 0 Å². The zero-order chi connectivity index (χ0) is 13.9. The molecule has 102 valence electrons. The van der Waals surface area contributed by atoms with Crippen LogP contribution >= 0.6 is 23.1 Å². The molecule has 2 heterocycles. The SMILES string of the molecule is O=c1c2sccc2nc(SCCO)n1-c1ccccc1. The number of hydrogen-bond acceptors (Lipinski definition) is 5. The van der Waals surface area contributed by atoms with E-state index < -0.39 is 0 Å². The second-order valence-corrected chi connectivity index (χ2v) is 6.06. The number of aliphatic hydroxyl groups excluding tert-OH is 1. The van der Waals surface area contributed by atoms with Gasteiger partial charge in [-0.1, -0.05) is 30.0 Å². The highest BCUT2D eigenvalue weighted by Crippen LogP contribution is 2.23. The van der Waals surface area contributed by atoms with E-state index in [9.17, 15) is 4.79 Å². The number of aromatic nitrogens is 2. The molecule has 0 aliphatic carbocycles. The maximum atomic E-state index is 12.6. The van der Waals surface area contributed by atoms with Crippen molar-refractivity contribution in [1.29, 1.82) is 0 Å². The summed E-state index contributed by atoms with van der Waals surface area (Å²) < 4.78 is 2.27. The first-order chi connectivity index (χ1) is 9.81. The molecule has 0 unspecified atom stereocenters. The minimum absolute atomic E-state index is 0.0526. The van der Waals surface area contributed by atoms with Gasteiger partial charge >= 0.3 is 0 Å². The van der Waals surface area contributed by atoms with Crippen molar-refractivity contribution in [3.63, 3.8) is 0 Å². The summed E-state index contributed by atoms with van der Waals surface area (Å²) in [5, 5.41) is 11.5. The number of fused-ring (bicyclic) bond motifs is 1. The van der Waals surface area contributed by atoms with Crippen molar-refractivity contribution >= 4 is 33.3 Å². The van der Waals surface area contributed by atoms with E-state index in [-0.39, 0.29) is 12.2 Å². The summed E-state index contributed by atoms with van der Waals surface area (Å²) in [6.45, 7) is 0.0526. The molecule has 0 fully saturated rings. The lowest BCUT2D eigenvalue weighted by atomic mass is 10.3. The average molecular weight is 304 g/mol. The maximum Gasteiger partial charge on any atom is 0.276 e. The van der Waals surface area contributed by atoms with Crippen LogP contribution in [0.3, 0.4) is 0 Å². The van der Waals surface area contributed by atoms with Gasteiger partial charge in [-0.2, -0.15) is 0 Å². The van der Waals surface area contributed by atoms with E-state index in [2.05, 4.69) is 4.98 Å². The summed E-state index contributed by atoms with van der Waals surface area (Å²) in [6, 6.07) is 11.3. The first-order valence-corrected chi connectivity index (χ1v) is 7.97. The maximum absolute atomic E-state index is 12.6. The van der Waals surface area contributed by atoms with Gasteiger partial charge in [0.1, 0.15) is 4.70 Å². The van der Waals surface area contributed by atoms with E-state index in [1.807, 2.05) is 41.8 Å². The molecule has 0 radical (unpaired) electrons. The normalized spacial score (nSPS) is 11.1. The third kappa shape index (κ3) is 2.37. The highest BCUT2D eigenvalue weighted by atomic mass is 32.2. The first-order valence-electron chi connectivity index (χ1n) is 6.10. The van der Waals surface area contributed by atoms with Gasteiger partial charge in [0.15, 0.2) is 5.16 Å². The summed E-state index contributed by atoms with van der Waals surface area (Å²) in [7, 11) is 0. The van der Waals surface area contributed by atoms with Gasteiger partial charge < -0.3 is 5.11 Å². The molecule has 4 nitrogen and oxygen atoms in total. The molecule has 0 spiro atoms. The molecule has 0 saturated heterocycles. The molecular weight excluding hydrogens is 292 g/mol. The molecule has 2 aromatic heterocycles. The van der Waals surface area contributed by atoms with Crippen molar-refractivity contribution in [3.05, 3.63) is 52.1 Å². The van der Waals surface area contributed by atoms with Gasteiger partial charge in [0, 0.05) is 5.75 Å². The van der Waals surface area contributed by atoms with E-state index in [0.717, 1.165) is 5.69 Å². The Morgan fingerprint density at radius 3 is 2.80 bits per heavy atom. The molecule has 20 heavy (non-hydrogen) atoms. The Bertz CT molecular complexity index is 781. The predicted molar refractivity (Wildman–Crippen MR) is 83.0 cm³/mol. The molecule has 6 heteroatoms. The number of benzene rings is 1. The lowest BCUT2D eigenvalue weighted by molar-refractivity contribution is 0.322. The van der Waals surface area contributed by atoms with Crippen molar-refractivity contribution in [2.75, 3.05) is 12.4 Å². The molecule has 0 saturated carbocycles. The Morgan fingerprint density at radius 1 is 1.25 bits per heavy atom. The van der Waals surface area contributed by atoms with Gasteiger partial charge in [-0.05, 0) is 23.6 Å². The van der Waals surface area contributed by atoms with Gasteiger partial charge in [0.05, 0.1) is 17.8 Å². The minimum atomic E-state index is -0.0587. The molecular formula is C14H12N2O2S2. The van der Waals surface area contributed by atoms with E-state index in [4.69, 9.17) is 5.11 Å². The van der Waals surface area contributed by atoms with Gasteiger partial charge in [0.25, 0.3) is 5.56 Å². The molecule has 1 aromatic carbocycles. The smallest absolute Gasteiger partial charge is 0.276 e. The molecule has 0 aliphatic rings. The average Bonchev–Trinajstić information content (AvgIpc) is 2.95. The Balaban J connectivity index is 2.26. The van der Waals surface area contributed by atoms with Crippen LogP contribution in [0.1, 0.15) is 0 Å². The van der Waals surface area contributed by atoms with Crippen molar-refractivity contribution in [2.24, 2.45) is 0 Å². The largest absolute Gasteiger partial charge is 0.396 e. The summed E-state index contributed by atoms with van der Waals surface area (Å²) in [6.07, 6.45) is 0. The van der Waals surface area contributed by atoms with Crippen LogP contribution in [0.2, 0.25) is 0 Å². The number of aliphatic hydroxyl groups is 1. The van der Waals surface area contributed by atoms with Crippen molar-refractivity contribution < 1.29 is 5.11 Å².